The van der Waals surface area contributed by atoms with E-state index in [4.69, 9.17) is 4.43 Å². The minimum Gasteiger partial charge on any atom is -0.415 e. The summed E-state index contributed by atoms with van der Waals surface area (Å²) in [5, 5.41) is 9.99. The zero-order valence-electron chi connectivity index (χ0n) is 16.6. The van der Waals surface area contributed by atoms with Gasteiger partial charge in [0.2, 0.25) is 0 Å². The van der Waals surface area contributed by atoms with Gasteiger partial charge in [0, 0.05) is 18.4 Å². The van der Waals surface area contributed by atoms with Gasteiger partial charge in [0.05, 0.1) is 6.10 Å². The Morgan fingerprint density at radius 1 is 1.00 bits per heavy atom. The van der Waals surface area contributed by atoms with Crippen molar-refractivity contribution in [2.24, 2.45) is 11.8 Å². The van der Waals surface area contributed by atoms with E-state index in [0.29, 0.717) is 23.2 Å². The zero-order valence-corrected chi connectivity index (χ0v) is 17.6. The Hall–Kier alpha value is -0.453. The van der Waals surface area contributed by atoms with Crippen LogP contribution >= 0.6 is 0 Å². The highest BCUT2D eigenvalue weighted by Crippen LogP contribution is 2.42. The smallest absolute Gasteiger partial charge is 0.200 e. The van der Waals surface area contributed by atoms with E-state index in [1.807, 2.05) is 13.8 Å². The first-order valence-electron chi connectivity index (χ1n) is 9.00. The van der Waals surface area contributed by atoms with E-state index in [0.717, 1.165) is 0 Å². The molecule has 3 nitrogen and oxygen atoms in total. The topological polar surface area (TPSA) is 46.5 Å². The number of hydrogen-bond donors (Lipinski definition) is 1. The van der Waals surface area contributed by atoms with Crippen molar-refractivity contribution < 1.29 is 14.3 Å². The molecule has 0 amide bonds. The molecule has 23 heavy (non-hydrogen) atoms. The van der Waals surface area contributed by atoms with Gasteiger partial charge in [0.15, 0.2) is 8.32 Å². The molecule has 0 aromatic heterocycles. The average molecular weight is 343 g/mol. The maximum absolute atomic E-state index is 12.5. The van der Waals surface area contributed by atoms with Crippen LogP contribution in [0.5, 0.6) is 0 Å². The van der Waals surface area contributed by atoms with Crippen molar-refractivity contribution in [1.82, 2.24) is 0 Å². The SMILES string of the molecule is C/C=C/[C@H](O)[C@@H](C)C(=O)[C@@H](C)CO[Si](C(C)C)(C(C)C)C(C)C. The van der Waals surface area contributed by atoms with E-state index >= 15 is 0 Å². The van der Waals surface area contributed by atoms with Gasteiger partial charge in [-0.15, -0.1) is 0 Å². The third-order valence-electron chi connectivity index (χ3n) is 5.13. The molecular formula is C19H38O3Si. The van der Waals surface area contributed by atoms with E-state index in [1.54, 1.807) is 19.1 Å². The highest BCUT2D eigenvalue weighted by Gasteiger charge is 2.45. The van der Waals surface area contributed by atoms with Crippen molar-refractivity contribution in [3.8, 4) is 0 Å². The van der Waals surface area contributed by atoms with Crippen molar-refractivity contribution in [3.63, 3.8) is 0 Å². The van der Waals surface area contributed by atoms with Gasteiger partial charge in [-0.2, -0.15) is 0 Å². The van der Waals surface area contributed by atoms with E-state index in [9.17, 15) is 9.90 Å². The van der Waals surface area contributed by atoms with Crippen molar-refractivity contribution in [3.05, 3.63) is 12.2 Å². The van der Waals surface area contributed by atoms with Gasteiger partial charge < -0.3 is 9.53 Å². The fourth-order valence-electron chi connectivity index (χ4n) is 3.83. The highest BCUT2D eigenvalue weighted by molar-refractivity contribution is 6.77. The first-order chi connectivity index (χ1) is 10.5. The number of ketones is 1. The summed E-state index contributed by atoms with van der Waals surface area (Å²) >= 11 is 0. The van der Waals surface area contributed by atoms with Crippen molar-refractivity contribution in [2.75, 3.05) is 6.61 Å². The second-order valence-electron chi connectivity index (χ2n) is 7.74. The van der Waals surface area contributed by atoms with E-state index in [-0.39, 0.29) is 11.7 Å². The number of hydrogen-bond acceptors (Lipinski definition) is 3. The molecule has 0 aliphatic rings. The van der Waals surface area contributed by atoms with Crippen molar-refractivity contribution in [2.45, 2.75) is 85.0 Å². The molecule has 4 heteroatoms. The van der Waals surface area contributed by atoms with Crippen LogP contribution in [0.4, 0.5) is 0 Å². The molecule has 136 valence electrons. The third-order valence-corrected chi connectivity index (χ3v) is 11.2. The second kappa shape index (κ2) is 9.75. The Bertz CT molecular complexity index is 366. The molecule has 3 atom stereocenters. The maximum Gasteiger partial charge on any atom is 0.200 e. The lowest BCUT2D eigenvalue weighted by atomic mass is 9.91. The minimum atomic E-state index is -1.94. The predicted octanol–water partition coefficient (Wildman–Crippen LogP) is 4.96. The molecule has 1 N–H and O–H groups in total. The van der Waals surface area contributed by atoms with E-state index < -0.39 is 20.3 Å². The summed E-state index contributed by atoms with van der Waals surface area (Å²) in [5.74, 6) is -0.499. The Morgan fingerprint density at radius 2 is 1.43 bits per heavy atom. The summed E-state index contributed by atoms with van der Waals surface area (Å²) in [5.41, 5.74) is 1.53. The van der Waals surface area contributed by atoms with Crippen LogP contribution in [-0.2, 0) is 9.22 Å². The molecule has 0 aromatic rings. The molecule has 0 aliphatic heterocycles. The first kappa shape index (κ1) is 22.5. The Balaban J connectivity index is 5.01. The fraction of sp³-hybridized carbons (Fsp3) is 0.842. The molecule has 0 spiro atoms. The van der Waals surface area contributed by atoms with Crippen LogP contribution in [0.1, 0.15) is 62.3 Å². The number of Topliss-reactive ketones (excluding diaryl/α,β-unsaturated/α-hetero) is 1. The monoisotopic (exact) mass is 342 g/mol. The lowest BCUT2D eigenvalue weighted by Gasteiger charge is -2.42. The van der Waals surface area contributed by atoms with Gasteiger partial charge in [-0.1, -0.05) is 67.5 Å². The van der Waals surface area contributed by atoms with Gasteiger partial charge in [-0.05, 0) is 23.5 Å². The Morgan fingerprint density at radius 3 is 1.78 bits per heavy atom. The quantitative estimate of drug-likeness (QED) is 0.451. The number of aliphatic hydroxyl groups is 1. The van der Waals surface area contributed by atoms with Crippen LogP contribution in [0.25, 0.3) is 0 Å². The van der Waals surface area contributed by atoms with Gasteiger partial charge >= 0.3 is 0 Å². The second-order valence-corrected chi connectivity index (χ2v) is 13.2. The third kappa shape index (κ3) is 5.54. The van der Waals surface area contributed by atoms with Crippen LogP contribution in [0.3, 0.4) is 0 Å². The van der Waals surface area contributed by atoms with Gasteiger partial charge in [-0.3, -0.25) is 4.79 Å². The minimum absolute atomic E-state index is 0.0785. The number of carbonyl (C=O) groups is 1. The van der Waals surface area contributed by atoms with E-state index in [1.165, 1.54) is 0 Å². The molecule has 0 saturated carbocycles. The average Bonchev–Trinajstić information content (AvgIpc) is 2.45. The largest absolute Gasteiger partial charge is 0.415 e. The molecule has 0 heterocycles. The Kier molecular flexibility index (Phi) is 9.56. The molecule has 0 rings (SSSR count). The number of rotatable bonds is 10. The highest BCUT2D eigenvalue weighted by atomic mass is 28.4. The summed E-state index contributed by atoms with van der Waals surface area (Å²) in [4.78, 5) is 12.5. The van der Waals surface area contributed by atoms with Gasteiger partial charge in [0.1, 0.15) is 5.78 Å². The summed E-state index contributed by atoms with van der Waals surface area (Å²) in [6, 6.07) is 0. The van der Waals surface area contributed by atoms with Crippen molar-refractivity contribution in [1.29, 1.82) is 0 Å². The normalized spacial score (nSPS) is 17.3. The van der Waals surface area contributed by atoms with Crippen LogP contribution in [0.2, 0.25) is 16.6 Å². The number of allylic oxidation sites excluding steroid dienone is 1. The fourth-order valence-corrected chi connectivity index (χ4v) is 9.37. The molecular weight excluding hydrogens is 304 g/mol. The molecule has 0 aromatic carbocycles. The van der Waals surface area contributed by atoms with Crippen LogP contribution < -0.4 is 0 Å². The molecule has 0 saturated heterocycles. The molecule has 0 bridgehead atoms. The van der Waals surface area contributed by atoms with Crippen LogP contribution in [0, 0.1) is 11.8 Å². The van der Waals surface area contributed by atoms with E-state index in [2.05, 4.69) is 41.5 Å². The summed E-state index contributed by atoms with van der Waals surface area (Å²) < 4.78 is 6.51. The van der Waals surface area contributed by atoms with Gasteiger partial charge in [-0.25, -0.2) is 0 Å². The number of carbonyl (C=O) groups excluding carboxylic acids is 1. The first-order valence-corrected chi connectivity index (χ1v) is 11.1. The zero-order chi connectivity index (χ0) is 18.4. The van der Waals surface area contributed by atoms with Crippen molar-refractivity contribution >= 4 is 14.1 Å². The predicted molar refractivity (Wildman–Crippen MR) is 101 cm³/mol. The summed E-state index contributed by atoms with van der Waals surface area (Å²) in [6.45, 7) is 19.5. The maximum atomic E-state index is 12.5. The standard InChI is InChI=1S/C19H38O3Si/c1-10-11-18(20)17(9)19(21)16(8)12-22-23(13(2)3,14(4)5)15(6)7/h10-11,13-18,20H,12H2,1-9H3/b11-10+/t16-,17+,18-/m0/s1. The summed E-state index contributed by atoms with van der Waals surface area (Å²) in [7, 11) is -1.94. The summed E-state index contributed by atoms with van der Waals surface area (Å²) in [6.07, 6.45) is 2.74. The Labute approximate surface area is 144 Å². The lowest BCUT2D eigenvalue weighted by molar-refractivity contribution is -0.129. The molecule has 0 fully saturated rings. The molecule has 0 aliphatic carbocycles. The molecule has 0 radical (unpaired) electrons. The van der Waals surface area contributed by atoms with Crippen LogP contribution in [0.15, 0.2) is 12.2 Å². The number of aliphatic hydroxyl groups excluding tert-OH is 1. The van der Waals surface area contributed by atoms with Gasteiger partial charge in [0.25, 0.3) is 0 Å². The lowest BCUT2D eigenvalue weighted by Crippen LogP contribution is -2.49. The molecule has 0 unspecified atom stereocenters. The van der Waals surface area contributed by atoms with Crippen LogP contribution in [-0.4, -0.2) is 31.9 Å².